The molecule has 2 amide bonds. The van der Waals surface area contributed by atoms with Crippen LogP contribution >= 0.6 is 0 Å². The average Bonchev–Trinajstić information content (AvgIpc) is 3.04. The van der Waals surface area contributed by atoms with Gasteiger partial charge >= 0.3 is 0 Å². The molecule has 0 radical (unpaired) electrons. The van der Waals surface area contributed by atoms with E-state index in [1.165, 1.54) is 5.56 Å². The van der Waals surface area contributed by atoms with Crippen LogP contribution in [-0.4, -0.2) is 18.4 Å². The van der Waals surface area contributed by atoms with E-state index >= 15 is 0 Å². The van der Waals surface area contributed by atoms with Gasteiger partial charge < -0.3 is 10.2 Å². The van der Waals surface area contributed by atoms with Crippen LogP contribution in [0.4, 0.5) is 11.4 Å². The van der Waals surface area contributed by atoms with Crippen LogP contribution in [0.2, 0.25) is 0 Å². The van der Waals surface area contributed by atoms with E-state index in [-0.39, 0.29) is 11.8 Å². The zero-order valence-corrected chi connectivity index (χ0v) is 16.4. The van der Waals surface area contributed by atoms with Gasteiger partial charge in [-0.1, -0.05) is 57.2 Å². The predicted molar refractivity (Wildman–Crippen MR) is 110 cm³/mol. The molecule has 2 aromatic carbocycles. The van der Waals surface area contributed by atoms with Gasteiger partial charge in [0, 0.05) is 29.8 Å². The summed E-state index contributed by atoms with van der Waals surface area (Å²) in [5.41, 5.74) is 3.68. The van der Waals surface area contributed by atoms with Crippen LogP contribution in [0.15, 0.2) is 48.5 Å². The number of anilines is 2. The number of amides is 2. The first-order valence-electron chi connectivity index (χ1n) is 9.63. The quantitative estimate of drug-likeness (QED) is 0.844. The third-order valence-electron chi connectivity index (χ3n) is 4.86. The molecule has 27 heavy (non-hydrogen) atoms. The molecule has 142 valence electrons. The van der Waals surface area contributed by atoms with Gasteiger partial charge in [-0.2, -0.15) is 0 Å². The van der Waals surface area contributed by atoms with Crippen LogP contribution < -0.4 is 10.2 Å². The van der Waals surface area contributed by atoms with Crippen molar-refractivity contribution in [3.05, 3.63) is 59.7 Å². The number of hydrogen-bond donors (Lipinski definition) is 1. The number of fused-ring (bicyclic) bond motifs is 1. The van der Waals surface area contributed by atoms with Crippen LogP contribution in [-0.2, 0) is 22.4 Å². The van der Waals surface area contributed by atoms with Crippen LogP contribution in [0.5, 0.6) is 0 Å². The molecule has 1 heterocycles. The fourth-order valence-corrected chi connectivity index (χ4v) is 3.39. The molecular weight excluding hydrogens is 336 g/mol. The van der Waals surface area contributed by atoms with E-state index in [1.807, 2.05) is 62.1 Å². The molecular formula is C23H28N2O2. The standard InChI is InChI=1S/C23H28N2O2/c1-23(2,3)22(27)25-15-14-18-12-13-19(16-20(18)25)24-21(26)11-7-10-17-8-5-4-6-9-17/h4-6,8-9,12-13,16H,7,10-11,14-15H2,1-3H3,(H,24,26). The SMILES string of the molecule is CC(C)(C)C(=O)N1CCc2ccc(NC(=O)CCCc3ccccc3)cc21. The van der Waals surface area contributed by atoms with Gasteiger partial charge in [0.2, 0.25) is 11.8 Å². The largest absolute Gasteiger partial charge is 0.326 e. The summed E-state index contributed by atoms with van der Waals surface area (Å²) < 4.78 is 0. The minimum absolute atomic E-state index is 0.0116. The third kappa shape index (κ3) is 4.76. The maximum Gasteiger partial charge on any atom is 0.232 e. The molecule has 1 aliphatic heterocycles. The number of nitrogens with zero attached hydrogens (tertiary/aromatic N) is 1. The lowest BCUT2D eigenvalue weighted by molar-refractivity contribution is -0.125. The molecule has 0 aliphatic carbocycles. The maximum absolute atomic E-state index is 12.7. The van der Waals surface area contributed by atoms with E-state index < -0.39 is 5.41 Å². The highest BCUT2D eigenvalue weighted by Gasteiger charge is 2.32. The molecule has 0 fully saturated rings. The summed E-state index contributed by atoms with van der Waals surface area (Å²) >= 11 is 0. The number of nitrogens with one attached hydrogen (secondary N) is 1. The second kappa shape index (κ2) is 7.95. The molecule has 0 aromatic heterocycles. The summed E-state index contributed by atoms with van der Waals surface area (Å²) in [5, 5.41) is 2.98. The van der Waals surface area contributed by atoms with E-state index in [9.17, 15) is 9.59 Å². The molecule has 1 aliphatic rings. The van der Waals surface area contributed by atoms with E-state index in [2.05, 4.69) is 17.4 Å². The summed E-state index contributed by atoms with van der Waals surface area (Å²) in [6.45, 7) is 6.52. The van der Waals surface area contributed by atoms with Gasteiger partial charge in [0.25, 0.3) is 0 Å². The van der Waals surface area contributed by atoms with E-state index in [4.69, 9.17) is 0 Å². The second-order valence-corrected chi connectivity index (χ2v) is 8.19. The summed E-state index contributed by atoms with van der Waals surface area (Å²) in [4.78, 5) is 26.8. The van der Waals surface area contributed by atoms with Crippen molar-refractivity contribution in [1.82, 2.24) is 0 Å². The first-order chi connectivity index (χ1) is 12.8. The summed E-state index contributed by atoms with van der Waals surface area (Å²) in [6, 6.07) is 16.1. The van der Waals surface area contributed by atoms with Gasteiger partial charge in [-0.15, -0.1) is 0 Å². The van der Waals surface area contributed by atoms with Gasteiger partial charge in [-0.25, -0.2) is 0 Å². The summed E-state index contributed by atoms with van der Waals surface area (Å²) in [5.74, 6) is 0.130. The molecule has 1 N–H and O–H groups in total. The topological polar surface area (TPSA) is 49.4 Å². The van der Waals surface area contributed by atoms with E-state index in [0.29, 0.717) is 13.0 Å². The van der Waals surface area contributed by atoms with Crippen molar-refractivity contribution in [2.45, 2.75) is 46.5 Å². The van der Waals surface area contributed by atoms with Gasteiger partial charge in [0.1, 0.15) is 0 Å². The normalized spacial score (nSPS) is 13.4. The molecule has 4 heteroatoms. The van der Waals surface area contributed by atoms with E-state index in [0.717, 1.165) is 36.2 Å². The van der Waals surface area contributed by atoms with Crippen molar-refractivity contribution in [3.8, 4) is 0 Å². The first-order valence-corrected chi connectivity index (χ1v) is 9.63. The van der Waals surface area contributed by atoms with Gasteiger partial charge in [-0.3, -0.25) is 9.59 Å². The zero-order valence-electron chi connectivity index (χ0n) is 16.4. The predicted octanol–water partition coefficient (Wildman–Crippen LogP) is 4.58. The van der Waals surface area contributed by atoms with Crippen molar-refractivity contribution >= 4 is 23.2 Å². The highest BCUT2D eigenvalue weighted by Crippen LogP contribution is 2.34. The molecule has 0 unspecified atom stereocenters. The highest BCUT2D eigenvalue weighted by molar-refractivity contribution is 6.00. The Morgan fingerprint density at radius 3 is 2.52 bits per heavy atom. The second-order valence-electron chi connectivity index (χ2n) is 8.19. The lowest BCUT2D eigenvalue weighted by Gasteiger charge is -2.26. The molecule has 0 spiro atoms. The van der Waals surface area contributed by atoms with Crippen molar-refractivity contribution < 1.29 is 9.59 Å². The Balaban J connectivity index is 1.60. The third-order valence-corrected chi connectivity index (χ3v) is 4.86. The lowest BCUT2D eigenvalue weighted by Crippen LogP contribution is -2.38. The first kappa shape index (κ1) is 19.2. The molecule has 2 aromatic rings. The van der Waals surface area contributed by atoms with Gasteiger partial charge in [-0.05, 0) is 42.5 Å². The Hall–Kier alpha value is -2.62. The Bertz CT molecular complexity index is 822. The Kier molecular flexibility index (Phi) is 5.64. The average molecular weight is 364 g/mol. The van der Waals surface area contributed by atoms with Gasteiger partial charge in [0.05, 0.1) is 0 Å². The Morgan fingerprint density at radius 1 is 1.07 bits per heavy atom. The van der Waals surface area contributed by atoms with Crippen molar-refractivity contribution in [2.24, 2.45) is 5.41 Å². The van der Waals surface area contributed by atoms with Crippen molar-refractivity contribution in [2.75, 3.05) is 16.8 Å². The monoisotopic (exact) mass is 364 g/mol. The highest BCUT2D eigenvalue weighted by atomic mass is 16.2. The molecule has 0 atom stereocenters. The van der Waals surface area contributed by atoms with Crippen LogP contribution in [0, 0.1) is 5.41 Å². The van der Waals surface area contributed by atoms with Crippen LogP contribution in [0.3, 0.4) is 0 Å². The number of rotatable bonds is 5. The van der Waals surface area contributed by atoms with Gasteiger partial charge in [0.15, 0.2) is 0 Å². The number of aryl methyl sites for hydroxylation is 1. The Labute approximate surface area is 161 Å². The Morgan fingerprint density at radius 2 is 1.81 bits per heavy atom. The molecule has 0 saturated heterocycles. The zero-order chi connectivity index (χ0) is 19.4. The van der Waals surface area contributed by atoms with Crippen LogP contribution in [0.25, 0.3) is 0 Å². The summed E-state index contributed by atoms with van der Waals surface area (Å²) in [6.07, 6.45) is 3.06. The lowest BCUT2D eigenvalue weighted by atomic mass is 9.94. The summed E-state index contributed by atoms with van der Waals surface area (Å²) in [7, 11) is 0. The molecule has 0 saturated carbocycles. The molecule has 0 bridgehead atoms. The molecule has 4 nitrogen and oxygen atoms in total. The van der Waals surface area contributed by atoms with Crippen LogP contribution in [0.1, 0.15) is 44.7 Å². The number of benzene rings is 2. The minimum Gasteiger partial charge on any atom is -0.326 e. The smallest absolute Gasteiger partial charge is 0.232 e. The number of carbonyl (C=O) groups excluding carboxylic acids is 2. The minimum atomic E-state index is -0.418. The number of carbonyl (C=O) groups is 2. The van der Waals surface area contributed by atoms with Crippen molar-refractivity contribution in [1.29, 1.82) is 0 Å². The fraction of sp³-hybridized carbons (Fsp3) is 0.391. The molecule has 3 rings (SSSR count). The number of hydrogen-bond acceptors (Lipinski definition) is 2. The maximum atomic E-state index is 12.7. The fourth-order valence-electron chi connectivity index (χ4n) is 3.39. The van der Waals surface area contributed by atoms with Crippen molar-refractivity contribution in [3.63, 3.8) is 0 Å². The van der Waals surface area contributed by atoms with E-state index in [1.54, 1.807) is 0 Å².